The number of amides is 1. The van der Waals surface area contributed by atoms with Gasteiger partial charge in [0.15, 0.2) is 0 Å². The monoisotopic (exact) mass is 600 g/mol. The molecule has 2 unspecified atom stereocenters. The predicted octanol–water partition coefficient (Wildman–Crippen LogP) is 5.62. The van der Waals surface area contributed by atoms with E-state index in [0.717, 1.165) is 35.4 Å². The minimum Gasteiger partial charge on any atom is -0.508 e. The second kappa shape index (κ2) is 14.3. The smallest absolute Gasteiger partial charge is 0.490 e. The lowest BCUT2D eigenvalue weighted by atomic mass is 9.88. The van der Waals surface area contributed by atoms with E-state index in [1.54, 1.807) is 30.3 Å². The van der Waals surface area contributed by atoms with Gasteiger partial charge in [0.2, 0.25) is 0 Å². The Morgan fingerprint density at radius 1 is 0.953 bits per heavy atom. The number of aliphatic carboxylic acids is 1. The van der Waals surface area contributed by atoms with Crippen LogP contribution in [0.1, 0.15) is 58.8 Å². The van der Waals surface area contributed by atoms with Crippen LogP contribution in [-0.2, 0) is 17.6 Å². The molecule has 230 valence electrons. The number of carbonyl (C=O) groups excluding carboxylic acids is 1. The van der Waals surface area contributed by atoms with Crippen molar-refractivity contribution in [1.82, 2.24) is 10.2 Å². The van der Waals surface area contributed by atoms with E-state index in [4.69, 9.17) is 14.6 Å². The fourth-order valence-electron chi connectivity index (χ4n) is 5.37. The van der Waals surface area contributed by atoms with Crippen LogP contribution in [0.15, 0.2) is 66.7 Å². The summed E-state index contributed by atoms with van der Waals surface area (Å²) >= 11 is 0. The zero-order valence-electron chi connectivity index (χ0n) is 23.5. The molecule has 4 N–H and O–H groups in total. The van der Waals surface area contributed by atoms with Crippen LogP contribution in [0.2, 0.25) is 0 Å². The first-order chi connectivity index (χ1) is 20.5. The Kier molecular flexibility index (Phi) is 10.5. The number of nitrogens with zero attached hydrogens (tertiary/aromatic N) is 1. The molecule has 0 aliphatic carbocycles. The highest BCUT2D eigenvalue weighted by atomic mass is 19.4. The highest BCUT2D eigenvalue weighted by molar-refractivity contribution is 5.94. The van der Waals surface area contributed by atoms with E-state index in [0.29, 0.717) is 37.6 Å². The molecule has 0 radical (unpaired) electrons. The third-order valence-electron chi connectivity index (χ3n) is 7.60. The molecule has 3 aromatic rings. The second-order valence-electron chi connectivity index (χ2n) is 10.6. The number of carboxylic acid groups (broad SMARTS) is 1. The molecule has 1 amide bonds. The lowest BCUT2D eigenvalue weighted by Gasteiger charge is -2.38. The summed E-state index contributed by atoms with van der Waals surface area (Å²) in [6.07, 6.45) is 1.07. The number of halogens is 3. The van der Waals surface area contributed by atoms with Crippen molar-refractivity contribution < 1.29 is 42.8 Å². The molecule has 2 heterocycles. The Morgan fingerprint density at radius 3 is 2.26 bits per heavy atom. The fourth-order valence-corrected chi connectivity index (χ4v) is 5.37. The van der Waals surface area contributed by atoms with E-state index in [1.165, 1.54) is 19.3 Å². The SMILES string of the molecule is O=C(O)C(F)(F)F.O=C(c1ccc(O)cc1)N1CCc2cc(O)ccc2C1Cc1ccc(OCCC2CCCCN2)cc1. The van der Waals surface area contributed by atoms with Crippen molar-refractivity contribution in [3.63, 3.8) is 0 Å². The number of hydrogen-bond acceptors (Lipinski definition) is 6. The quantitative estimate of drug-likeness (QED) is 0.278. The van der Waals surface area contributed by atoms with Crippen molar-refractivity contribution in [2.75, 3.05) is 19.7 Å². The molecule has 3 aromatic carbocycles. The van der Waals surface area contributed by atoms with Crippen molar-refractivity contribution >= 4 is 11.9 Å². The summed E-state index contributed by atoms with van der Waals surface area (Å²) in [5.41, 5.74) is 3.81. The maximum Gasteiger partial charge on any atom is 0.490 e. The van der Waals surface area contributed by atoms with E-state index < -0.39 is 12.1 Å². The first-order valence-corrected chi connectivity index (χ1v) is 14.2. The Labute approximate surface area is 247 Å². The highest BCUT2D eigenvalue weighted by Crippen LogP contribution is 2.35. The van der Waals surface area contributed by atoms with Gasteiger partial charge in [-0.1, -0.05) is 24.6 Å². The molecule has 0 saturated carbocycles. The molecule has 2 aliphatic heterocycles. The number of carboxylic acids is 1. The standard InChI is InChI=1S/C30H34N2O4.C2HF3O2/c33-25-8-6-22(7-9-25)30(35)32-17-14-23-20-26(34)10-13-28(23)29(32)19-21-4-11-27(12-5-21)36-18-15-24-3-1-2-16-31-24;3-2(4,5)1(6)7/h4-13,20,24,29,31,33-34H,1-3,14-19H2;(H,6,7). The first-order valence-electron chi connectivity index (χ1n) is 14.2. The second-order valence-corrected chi connectivity index (χ2v) is 10.6. The zero-order chi connectivity index (χ0) is 31.0. The average Bonchev–Trinajstić information content (AvgIpc) is 2.98. The van der Waals surface area contributed by atoms with Gasteiger partial charge < -0.3 is 30.3 Å². The summed E-state index contributed by atoms with van der Waals surface area (Å²) in [6.45, 7) is 2.37. The number of phenols is 2. The summed E-state index contributed by atoms with van der Waals surface area (Å²) in [5.74, 6) is -1.57. The lowest BCUT2D eigenvalue weighted by Crippen LogP contribution is -2.41. The molecule has 5 rings (SSSR count). The summed E-state index contributed by atoms with van der Waals surface area (Å²) in [7, 11) is 0. The minimum absolute atomic E-state index is 0.0602. The van der Waals surface area contributed by atoms with Gasteiger partial charge in [0.1, 0.15) is 17.2 Å². The van der Waals surface area contributed by atoms with Gasteiger partial charge in [-0.25, -0.2) is 4.79 Å². The van der Waals surface area contributed by atoms with E-state index in [1.807, 2.05) is 29.2 Å². The molecule has 0 aromatic heterocycles. The fraction of sp³-hybridized carbons (Fsp3) is 0.375. The number of fused-ring (bicyclic) bond motifs is 1. The molecule has 1 saturated heterocycles. The number of rotatable bonds is 7. The lowest BCUT2D eigenvalue weighted by molar-refractivity contribution is -0.192. The number of carbonyl (C=O) groups is 2. The van der Waals surface area contributed by atoms with Gasteiger partial charge in [0.25, 0.3) is 5.91 Å². The Balaban J connectivity index is 0.000000541. The van der Waals surface area contributed by atoms with Gasteiger partial charge >= 0.3 is 12.1 Å². The normalized spacial score (nSPS) is 18.2. The molecule has 2 aliphatic rings. The van der Waals surface area contributed by atoms with Crippen molar-refractivity contribution in [2.45, 2.75) is 56.8 Å². The van der Waals surface area contributed by atoms with Crippen molar-refractivity contribution in [1.29, 1.82) is 0 Å². The Bertz CT molecular complexity index is 1370. The maximum atomic E-state index is 13.5. The zero-order valence-corrected chi connectivity index (χ0v) is 23.5. The van der Waals surface area contributed by atoms with E-state index in [-0.39, 0.29) is 23.4 Å². The van der Waals surface area contributed by atoms with Crippen LogP contribution in [0.4, 0.5) is 13.2 Å². The van der Waals surface area contributed by atoms with Crippen LogP contribution in [0, 0.1) is 0 Å². The number of benzene rings is 3. The van der Waals surface area contributed by atoms with Crippen molar-refractivity contribution in [3.8, 4) is 17.2 Å². The van der Waals surface area contributed by atoms with Gasteiger partial charge in [-0.15, -0.1) is 0 Å². The third-order valence-corrected chi connectivity index (χ3v) is 7.60. The van der Waals surface area contributed by atoms with Crippen LogP contribution in [-0.4, -0.2) is 64.0 Å². The van der Waals surface area contributed by atoms with Gasteiger partial charge in [0, 0.05) is 18.2 Å². The number of hydrogen-bond donors (Lipinski definition) is 4. The topological polar surface area (TPSA) is 119 Å². The van der Waals surface area contributed by atoms with Crippen molar-refractivity contribution in [2.24, 2.45) is 0 Å². The number of phenolic OH excluding ortho intramolecular Hbond substituents is 2. The molecule has 2 atom stereocenters. The number of piperidine rings is 1. The number of alkyl halides is 3. The van der Waals surface area contributed by atoms with Crippen LogP contribution in [0.25, 0.3) is 0 Å². The van der Waals surface area contributed by atoms with Gasteiger partial charge in [-0.3, -0.25) is 4.79 Å². The molecule has 11 heteroatoms. The molecule has 1 fully saturated rings. The summed E-state index contributed by atoms with van der Waals surface area (Å²) in [4.78, 5) is 24.3. The first kappa shape index (κ1) is 31.7. The minimum atomic E-state index is -5.08. The largest absolute Gasteiger partial charge is 0.508 e. The van der Waals surface area contributed by atoms with Crippen LogP contribution in [0.3, 0.4) is 0 Å². The molecular weight excluding hydrogens is 565 g/mol. The maximum absolute atomic E-state index is 13.5. The van der Waals surface area contributed by atoms with Gasteiger partial charge in [-0.2, -0.15) is 13.2 Å². The number of ether oxygens (including phenoxy) is 1. The molecule has 43 heavy (non-hydrogen) atoms. The third kappa shape index (κ3) is 8.87. The van der Waals surface area contributed by atoms with Crippen LogP contribution >= 0.6 is 0 Å². The summed E-state index contributed by atoms with van der Waals surface area (Å²) < 4.78 is 37.7. The number of aromatic hydroxyl groups is 2. The predicted molar refractivity (Wildman–Crippen MR) is 153 cm³/mol. The van der Waals surface area contributed by atoms with Crippen LogP contribution < -0.4 is 10.1 Å². The summed E-state index contributed by atoms with van der Waals surface area (Å²) in [5, 5.41) is 30.3. The molecule has 0 spiro atoms. The highest BCUT2D eigenvalue weighted by Gasteiger charge is 2.38. The van der Waals surface area contributed by atoms with E-state index >= 15 is 0 Å². The average molecular weight is 601 g/mol. The Morgan fingerprint density at radius 2 is 1.63 bits per heavy atom. The van der Waals surface area contributed by atoms with Gasteiger partial charge in [-0.05, 0) is 104 Å². The summed E-state index contributed by atoms with van der Waals surface area (Å²) in [6, 6.07) is 20.4. The molecular formula is C32H35F3N2O6. The van der Waals surface area contributed by atoms with E-state index in [9.17, 15) is 28.2 Å². The molecule has 0 bridgehead atoms. The van der Waals surface area contributed by atoms with Gasteiger partial charge in [0.05, 0.1) is 12.6 Å². The number of nitrogens with one attached hydrogen (secondary N) is 1. The van der Waals surface area contributed by atoms with Crippen LogP contribution in [0.5, 0.6) is 17.2 Å². The van der Waals surface area contributed by atoms with E-state index in [2.05, 4.69) is 17.4 Å². The Hall–Kier alpha value is -4.25. The van der Waals surface area contributed by atoms with Crippen molar-refractivity contribution in [3.05, 3.63) is 89.0 Å². The molecule has 8 nitrogen and oxygen atoms in total.